The van der Waals surface area contributed by atoms with Gasteiger partial charge in [0, 0.05) is 24.7 Å². The topological polar surface area (TPSA) is 44.7 Å². The van der Waals surface area contributed by atoms with Gasteiger partial charge in [0.2, 0.25) is 0 Å². The highest BCUT2D eigenvalue weighted by atomic mass is 16.5. The third-order valence-corrected chi connectivity index (χ3v) is 2.92. The van der Waals surface area contributed by atoms with Gasteiger partial charge >= 0.3 is 0 Å². The number of hydrogen-bond acceptors (Lipinski definition) is 4. The van der Waals surface area contributed by atoms with Gasteiger partial charge in [0.25, 0.3) is 0 Å². The Morgan fingerprint density at radius 2 is 2.12 bits per heavy atom. The van der Waals surface area contributed by atoms with Crippen molar-refractivity contribution in [3.05, 3.63) is 23.8 Å². The van der Waals surface area contributed by atoms with Crippen molar-refractivity contribution in [2.75, 3.05) is 27.7 Å². The van der Waals surface area contributed by atoms with Crippen LogP contribution in [0, 0.1) is 0 Å². The highest BCUT2D eigenvalue weighted by Gasteiger charge is 2.06. The van der Waals surface area contributed by atoms with Crippen LogP contribution < -0.4 is 10.1 Å². The summed E-state index contributed by atoms with van der Waals surface area (Å²) in [7, 11) is 5.72. The van der Waals surface area contributed by atoms with Gasteiger partial charge in [-0.3, -0.25) is 0 Å². The number of phenolic OH excluding ortho intramolecular Hbond substituents is 1. The van der Waals surface area contributed by atoms with Crippen LogP contribution in [-0.4, -0.2) is 43.8 Å². The number of ether oxygens (including phenoxy) is 1. The van der Waals surface area contributed by atoms with E-state index in [0.717, 1.165) is 17.9 Å². The molecule has 0 amide bonds. The lowest BCUT2D eigenvalue weighted by molar-refractivity contribution is 0.302. The van der Waals surface area contributed by atoms with E-state index >= 15 is 0 Å². The monoisotopic (exact) mass is 238 g/mol. The van der Waals surface area contributed by atoms with Gasteiger partial charge in [0.05, 0.1) is 7.11 Å². The van der Waals surface area contributed by atoms with E-state index in [2.05, 4.69) is 31.2 Å². The van der Waals surface area contributed by atoms with E-state index in [4.69, 9.17) is 4.74 Å². The first kappa shape index (κ1) is 13.8. The molecule has 0 aromatic heterocycles. The predicted octanol–water partition coefficient (Wildman–Crippen LogP) is 1.44. The number of benzene rings is 1. The van der Waals surface area contributed by atoms with E-state index in [-0.39, 0.29) is 0 Å². The van der Waals surface area contributed by atoms with Gasteiger partial charge in [-0.05, 0) is 39.2 Å². The molecule has 0 fully saturated rings. The van der Waals surface area contributed by atoms with Crippen LogP contribution in [0.3, 0.4) is 0 Å². The second kappa shape index (κ2) is 6.47. The molecule has 0 radical (unpaired) electrons. The van der Waals surface area contributed by atoms with E-state index < -0.39 is 0 Å². The van der Waals surface area contributed by atoms with Crippen molar-refractivity contribution in [3.63, 3.8) is 0 Å². The van der Waals surface area contributed by atoms with Crippen molar-refractivity contribution in [1.29, 1.82) is 0 Å². The zero-order chi connectivity index (χ0) is 12.8. The fraction of sp³-hybridized carbons (Fsp3) is 0.538. The highest BCUT2D eigenvalue weighted by Crippen LogP contribution is 2.22. The summed E-state index contributed by atoms with van der Waals surface area (Å²) in [5, 5.41) is 13.0. The summed E-state index contributed by atoms with van der Waals surface area (Å²) in [5.41, 5.74) is 0.857. The van der Waals surface area contributed by atoms with E-state index in [1.807, 2.05) is 6.07 Å². The minimum atomic E-state index is 0.302. The zero-order valence-corrected chi connectivity index (χ0v) is 11.0. The lowest BCUT2D eigenvalue weighted by atomic mass is 10.2. The SMILES string of the molecule is COc1ccc(O)c(CNCC(C)N(C)C)c1. The molecule has 0 aliphatic carbocycles. The molecule has 0 spiro atoms. The fourth-order valence-electron chi connectivity index (χ4n) is 1.43. The number of hydrogen-bond donors (Lipinski definition) is 2. The number of nitrogens with zero attached hydrogens (tertiary/aromatic N) is 1. The van der Waals surface area contributed by atoms with Crippen LogP contribution in [0.25, 0.3) is 0 Å². The molecule has 1 aromatic carbocycles. The van der Waals surface area contributed by atoms with Crippen molar-refractivity contribution in [2.24, 2.45) is 0 Å². The molecule has 0 saturated heterocycles. The van der Waals surface area contributed by atoms with Gasteiger partial charge in [0.1, 0.15) is 11.5 Å². The number of aromatic hydroxyl groups is 1. The summed E-state index contributed by atoms with van der Waals surface area (Å²) in [6.45, 7) is 3.67. The summed E-state index contributed by atoms with van der Waals surface area (Å²) in [6, 6.07) is 5.72. The normalized spacial score (nSPS) is 12.8. The Morgan fingerprint density at radius 1 is 1.41 bits per heavy atom. The average Bonchev–Trinajstić information content (AvgIpc) is 2.31. The number of phenols is 1. The predicted molar refractivity (Wildman–Crippen MR) is 69.5 cm³/mol. The summed E-state index contributed by atoms with van der Waals surface area (Å²) >= 11 is 0. The molecule has 1 rings (SSSR count). The third-order valence-electron chi connectivity index (χ3n) is 2.92. The van der Waals surface area contributed by atoms with E-state index in [1.165, 1.54) is 0 Å². The molecule has 2 N–H and O–H groups in total. The molecular weight excluding hydrogens is 216 g/mol. The quantitative estimate of drug-likeness (QED) is 0.787. The molecule has 0 heterocycles. The fourth-order valence-corrected chi connectivity index (χ4v) is 1.43. The average molecular weight is 238 g/mol. The van der Waals surface area contributed by atoms with Crippen molar-refractivity contribution in [1.82, 2.24) is 10.2 Å². The summed E-state index contributed by atoms with van der Waals surface area (Å²) in [5.74, 6) is 1.07. The standard InChI is InChI=1S/C13H22N2O2/c1-10(15(2)3)8-14-9-11-7-12(17-4)5-6-13(11)16/h5-7,10,14,16H,8-9H2,1-4H3. The maximum atomic E-state index is 9.70. The molecule has 1 aromatic rings. The van der Waals surface area contributed by atoms with Gasteiger partial charge in [0.15, 0.2) is 0 Å². The smallest absolute Gasteiger partial charge is 0.120 e. The number of nitrogens with one attached hydrogen (secondary N) is 1. The molecule has 0 saturated carbocycles. The van der Waals surface area contributed by atoms with Gasteiger partial charge in [-0.2, -0.15) is 0 Å². The summed E-state index contributed by atoms with van der Waals surface area (Å²) < 4.78 is 5.13. The molecule has 1 unspecified atom stereocenters. The van der Waals surface area contributed by atoms with E-state index in [9.17, 15) is 5.11 Å². The van der Waals surface area contributed by atoms with Crippen LogP contribution in [0.2, 0.25) is 0 Å². The maximum absolute atomic E-state index is 9.70. The number of likely N-dealkylation sites (N-methyl/N-ethyl adjacent to an activating group) is 1. The molecule has 96 valence electrons. The van der Waals surface area contributed by atoms with E-state index in [1.54, 1.807) is 19.2 Å². The summed E-state index contributed by atoms with van der Waals surface area (Å²) in [6.07, 6.45) is 0. The second-order valence-corrected chi connectivity index (χ2v) is 4.44. The van der Waals surface area contributed by atoms with Crippen molar-refractivity contribution in [2.45, 2.75) is 19.5 Å². The first-order chi connectivity index (χ1) is 8.04. The first-order valence-corrected chi connectivity index (χ1v) is 5.77. The third kappa shape index (κ3) is 4.24. The minimum Gasteiger partial charge on any atom is -0.508 e. The molecule has 4 heteroatoms. The maximum Gasteiger partial charge on any atom is 0.120 e. The van der Waals surface area contributed by atoms with Crippen molar-refractivity contribution in [3.8, 4) is 11.5 Å². The minimum absolute atomic E-state index is 0.302. The van der Waals surface area contributed by atoms with Crippen LogP contribution in [0.4, 0.5) is 0 Å². The van der Waals surface area contributed by atoms with Crippen LogP contribution in [-0.2, 0) is 6.54 Å². The molecule has 0 aliphatic rings. The highest BCUT2D eigenvalue weighted by molar-refractivity contribution is 5.39. The first-order valence-electron chi connectivity index (χ1n) is 5.77. The lowest BCUT2D eigenvalue weighted by Gasteiger charge is -2.20. The Balaban J connectivity index is 2.51. The largest absolute Gasteiger partial charge is 0.508 e. The number of rotatable bonds is 6. The van der Waals surface area contributed by atoms with Crippen LogP contribution in [0.15, 0.2) is 18.2 Å². The van der Waals surface area contributed by atoms with Crippen LogP contribution >= 0.6 is 0 Å². The molecule has 4 nitrogen and oxygen atoms in total. The van der Waals surface area contributed by atoms with Gasteiger partial charge in [-0.1, -0.05) is 0 Å². The molecule has 0 aliphatic heterocycles. The summed E-state index contributed by atoms with van der Waals surface area (Å²) in [4.78, 5) is 2.15. The molecule has 0 bridgehead atoms. The van der Waals surface area contributed by atoms with Crippen LogP contribution in [0.1, 0.15) is 12.5 Å². The Morgan fingerprint density at radius 3 is 2.71 bits per heavy atom. The Bertz CT molecular complexity index is 353. The second-order valence-electron chi connectivity index (χ2n) is 4.44. The lowest BCUT2D eigenvalue weighted by Crippen LogP contribution is -2.35. The molecule has 17 heavy (non-hydrogen) atoms. The Kier molecular flexibility index (Phi) is 5.25. The van der Waals surface area contributed by atoms with Crippen molar-refractivity contribution < 1.29 is 9.84 Å². The number of methoxy groups -OCH3 is 1. The van der Waals surface area contributed by atoms with Crippen molar-refractivity contribution >= 4 is 0 Å². The van der Waals surface area contributed by atoms with Gasteiger partial charge < -0.3 is 20.1 Å². The zero-order valence-electron chi connectivity index (χ0n) is 11.0. The van der Waals surface area contributed by atoms with Crippen LogP contribution in [0.5, 0.6) is 11.5 Å². The Labute approximate surface area is 103 Å². The van der Waals surface area contributed by atoms with Gasteiger partial charge in [-0.25, -0.2) is 0 Å². The molecule has 1 atom stereocenters. The van der Waals surface area contributed by atoms with Gasteiger partial charge in [-0.15, -0.1) is 0 Å². The Hall–Kier alpha value is -1.26. The van der Waals surface area contributed by atoms with E-state index in [0.29, 0.717) is 18.3 Å². The molecular formula is C13H22N2O2.